The lowest BCUT2D eigenvalue weighted by Crippen LogP contribution is -2.11. The van der Waals surface area contributed by atoms with Gasteiger partial charge in [-0.3, -0.25) is 4.79 Å². The van der Waals surface area contributed by atoms with Gasteiger partial charge in [0.05, 0.1) is 12.7 Å². The first-order chi connectivity index (χ1) is 11.2. The van der Waals surface area contributed by atoms with Crippen molar-refractivity contribution >= 4 is 6.29 Å². The van der Waals surface area contributed by atoms with E-state index in [2.05, 4.69) is 19.9 Å². The molecule has 2 aromatic carbocycles. The molecule has 0 bridgehead atoms. The van der Waals surface area contributed by atoms with Gasteiger partial charge in [0.25, 0.3) is 0 Å². The van der Waals surface area contributed by atoms with E-state index >= 15 is 0 Å². The van der Waals surface area contributed by atoms with E-state index in [1.54, 1.807) is 25.3 Å². The molecule has 0 aliphatic carbocycles. The number of hydrogen-bond donors (Lipinski definition) is 0. The maximum atomic E-state index is 11.1. The molecule has 2 aromatic rings. The molecule has 0 aliphatic heterocycles. The van der Waals surface area contributed by atoms with E-state index in [1.807, 2.05) is 18.2 Å². The number of carbonyl (C=O) groups is 1. The van der Waals surface area contributed by atoms with Crippen molar-refractivity contribution in [3.8, 4) is 17.2 Å². The Morgan fingerprint density at radius 1 is 0.957 bits per heavy atom. The highest BCUT2D eigenvalue weighted by atomic mass is 16.5. The summed E-state index contributed by atoms with van der Waals surface area (Å²) < 4.78 is 16.7. The number of aldehydes is 1. The van der Waals surface area contributed by atoms with Gasteiger partial charge in [0, 0.05) is 0 Å². The van der Waals surface area contributed by atoms with Crippen LogP contribution in [0.4, 0.5) is 0 Å². The number of hydrogen-bond acceptors (Lipinski definition) is 4. The summed E-state index contributed by atoms with van der Waals surface area (Å²) in [5.74, 6) is 2.24. The van der Waals surface area contributed by atoms with Gasteiger partial charge in [-0.1, -0.05) is 38.1 Å². The molecule has 0 saturated carbocycles. The highest BCUT2D eigenvalue weighted by molar-refractivity contribution is 5.81. The summed E-state index contributed by atoms with van der Waals surface area (Å²) in [6.45, 7) is 4.97. The van der Waals surface area contributed by atoms with Gasteiger partial charge in [-0.05, 0) is 29.7 Å². The molecule has 23 heavy (non-hydrogen) atoms. The lowest BCUT2D eigenvalue weighted by molar-refractivity contribution is 0.111. The number of carbonyl (C=O) groups excluding carboxylic acids is 1. The fraction of sp³-hybridized carbons (Fsp3) is 0.316. The molecule has 0 spiro atoms. The number of methoxy groups -OCH3 is 1. The summed E-state index contributed by atoms with van der Waals surface area (Å²) in [4.78, 5) is 11.1. The first-order valence-corrected chi connectivity index (χ1v) is 7.64. The third-order valence-electron chi connectivity index (χ3n) is 3.48. The first-order valence-electron chi connectivity index (χ1n) is 7.64. The van der Waals surface area contributed by atoms with Crippen molar-refractivity contribution in [3.05, 3.63) is 53.6 Å². The third-order valence-corrected chi connectivity index (χ3v) is 3.48. The maximum absolute atomic E-state index is 11.1. The molecule has 0 aromatic heterocycles. The Kier molecular flexibility index (Phi) is 6.03. The zero-order valence-electron chi connectivity index (χ0n) is 13.7. The molecule has 2 rings (SSSR count). The summed E-state index contributed by atoms with van der Waals surface area (Å²) in [7, 11) is 1.55. The summed E-state index contributed by atoms with van der Waals surface area (Å²) in [6, 6.07) is 13.2. The second-order valence-corrected chi connectivity index (χ2v) is 5.39. The SMILES string of the molecule is COc1cccc(C=O)c1OCCOc1ccccc1C(C)C. The largest absolute Gasteiger partial charge is 0.493 e. The van der Waals surface area contributed by atoms with Crippen LogP contribution in [0.15, 0.2) is 42.5 Å². The van der Waals surface area contributed by atoms with Crippen molar-refractivity contribution in [2.45, 2.75) is 19.8 Å². The normalized spacial score (nSPS) is 10.4. The van der Waals surface area contributed by atoms with Crippen LogP contribution in [-0.2, 0) is 0 Å². The average molecular weight is 314 g/mol. The molecule has 4 nitrogen and oxygen atoms in total. The fourth-order valence-corrected chi connectivity index (χ4v) is 2.33. The molecule has 0 unspecified atom stereocenters. The van der Waals surface area contributed by atoms with Crippen molar-refractivity contribution in [3.63, 3.8) is 0 Å². The van der Waals surface area contributed by atoms with Gasteiger partial charge in [0.2, 0.25) is 0 Å². The Balaban J connectivity index is 1.98. The maximum Gasteiger partial charge on any atom is 0.171 e. The molecule has 4 heteroatoms. The van der Waals surface area contributed by atoms with Crippen LogP contribution in [0.2, 0.25) is 0 Å². The van der Waals surface area contributed by atoms with E-state index in [-0.39, 0.29) is 0 Å². The number of ether oxygens (including phenoxy) is 3. The van der Waals surface area contributed by atoms with E-state index in [0.717, 1.165) is 12.0 Å². The first kappa shape index (κ1) is 16.9. The van der Waals surface area contributed by atoms with Gasteiger partial charge in [0.15, 0.2) is 17.8 Å². The van der Waals surface area contributed by atoms with Crippen molar-refractivity contribution in [1.82, 2.24) is 0 Å². The Morgan fingerprint density at radius 2 is 1.65 bits per heavy atom. The van der Waals surface area contributed by atoms with Crippen LogP contribution in [0, 0.1) is 0 Å². The molecule has 0 N–H and O–H groups in total. The molecule has 0 atom stereocenters. The van der Waals surface area contributed by atoms with E-state index in [4.69, 9.17) is 14.2 Å². The molecular formula is C19H22O4. The van der Waals surface area contributed by atoms with E-state index < -0.39 is 0 Å². The predicted octanol–water partition coefficient (Wildman–Crippen LogP) is 4.09. The predicted molar refractivity (Wildman–Crippen MR) is 89.9 cm³/mol. The second-order valence-electron chi connectivity index (χ2n) is 5.39. The molecule has 0 amide bonds. The lowest BCUT2D eigenvalue weighted by Gasteiger charge is -2.15. The fourth-order valence-electron chi connectivity index (χ4n) is 2.33. The van der Waals surface area contributed by atoms with Crippen molar-refractivity contribution in [2.24, 2.45) is 0 Å². The number of benzene rings is 2. The van der Waals surface area contributed by atoms with E-state index in [9.17, 15) is 4.79 Å². The minimum atomic E-state index is 0.327. The van der Waals surface area contributed by atoms with E-state index in [1.165, 1.54) is 5.56 Å². The zero-order chi connectivity index (χ0) is 16.7. The molecule has 0 fully saturated rings. The Labute approximate surface area is 137 Å². The van der Waals surface area contributed by atoms with Crippen LogP contribution in [0.3, 0.4) is 0 Å². The van der Waals surface area contributed by atoms with Crippen LogP contribution in [0.1, 0.15) is 35.7 Å². The Hall–Kier alpha value is -2.49. The average Bonchev–Trinajstić information content (AvgIpc) is 2.58. The van der Waals surface area contributed by atoms with Gasteiger partial charge in [-0.2, -0.15) is 0 Å². The molecule has 0 radical (unpaired) electrons. The second kappa shape index (κ2) is 8.22. The van der Waals surface area contributed by atoms with Crippen molar-refractivity contribution in [2.75, 3.05) is 20.3 Å². The summed E-state index contributed by atoms with van der Waals surface area (Å²) >= 11 is 0. The molecular weight excluding hydrogens is 292 g/mol. The van der Waals surface area contributed by atoms with Crippen LogP contribution >= 0.6 is 0 Å². The number of rotatable bonds is 8. The smallest absolute Gasteiger partial charge is 0.171 e. The topological polar surface area (TPSA) is 44.8 Å². The molecule has 122 valence electrons. The third kappa shape index (κ3) is 4.25. The number of para-hydroxylation sites is 2. The molecule has 0 aliphatic rings. The van der Waals surface area contributed by atoms with E-state index in [0.29, 0.717) is 36.2 Å². The molecule has 0 saturated heterocycles. The highest BCUT2D eigenvalue weighted by Gasteiger charge is 2.11. The highest BCUT2D eigenvalue weighted by Crippen LogP contribution is 2.30. The van der Waals surface area contributed by atoms with Crippen LogP contribution in [0.25, 0.3) is 0 Å². The minimum Gasteiger partial charge on any atom is -0.493 e. The van der Waals surface area contributed by atoms with Gasteiger partial charge >= 0.3 is 0 Å². The summed E-state index contributed by atoms with van der Waals surface area (Å²) in [6.07, 6.45) is 0.757. The van der Waals surface area contributed by atoms with Crippen LogP contribution < -0.4 is 14.2 Å². The van der Waals surface area contributed by atoms with Gasteiger partial charge in [0.1, 0.15) is 19.0 Å². The standard InChI is InChI=1S/C19H22O4/c1-14(2)16-8-4-5-9-17(16)22-11-12-23-19-15(13-20)7-6-10-18(19)21-3/h4-10,13-14H,11-12H2,1-3H3. The van der Waals surface area contributed by atoms with Crippen LogP contribution in [0.5, 0.6) is 17.2 Å². The van der Waals surface area contributed by atoms with Crippen molar-refractivity contribution < 1.29 is 19.0 Å². The summed E-state index contributed by atoms with van der Waals surface area (Å²) in [5.41, 5.74) is 1.63. The van der Waals surface area contributed by atoms with Gasteiger partial charge in [-0.15, -0.1) is 0 Å². The van der Waals surface area contributed by atoms with Gasteiger partial charge < -0.3 is 14.2 Å². The lowest BCUT2D eigenvalue weighted by atomic mass is 10.0. The van der Waals surface area contributed by atoms with Crippen LogP contribution in [-0.4, -0.2) is 26.6 Å². The Morgan fingerprint density at radius 3 is 2.35 bits per heavy atom. The minimum absolute atomic E-state index is 0.327. The van der Waals surface area contributed by atoms with Crippen molar-refractivity contribution in [1.29, 1.82) is 0 Å². The molecule has 0 heterocycles. The van der Waals surface area contributed by atoms with Gasteiger partial charge in [-0.25, -0.2) is 0 Å². The summed E-state index contributed by atoms with van der Waals surface area (Å²) in [5, 5.41) is 0. The quantitative estimate of drug-likeness (QED) is 0.544. The Bertz CT molecular complexity index is 650. The zero-order valence-corrected chi connectivity index (χ0v) is 13.7. The monoisotopic (exact) mass is 314 g/mol.